The van der Waals surface area contributed by atoms with Crippen LogP contribution >= 0.6 is 0 Å². The van der Waals surface area contributed by atoms with Gasteiger partial charge in [0.1, 0.15) is 18.1 Å². The molecule has 1 amide bonds. The third-order valence-electron chi connectivity index (χ3n) is 3.52. The van der Waals surface area contributed by atoms with Crippen LogP contribution in [0.3, 0.4) is 0 Å². The summed E-state index contributed by atoms with van der Waals surface area (Å²) in [6.45, 7) is 2.35. The Bertz CT molecular complexity index is 791. The fourth-order valence-electron chi connectivity index (χ4n) is 2.48. The van der Waals surface area contributed by atoms with E-state index >= 15 is 0 Å². The highest BCUT2D eigenvalue weighted by atomic mass is 16.5. The average molecular weight is 280 g/mol. The first-order valence-corrected chi connectivity index (χ1v) is 6.74. The highest BCUT2D eigenvalue weighted by Crippen LogP contribution is 2.31. The molecule has 0 saturated carbocycles. The maximum absolute atomic E-state index is 11.4. The van der Waals surface area contributed by atoms with Gasteiger partial charge in [0.05, 0.1) is 0 Å². The SMILES string of the molecule is Cc1c(C(N)=O)[nH]c2cccc(OCc3ccccc3)c12. The number of benzene rings is 2. The summed E-state index contributed by atoms with van der Waals surface area (Å²) in [7, 11) is 0. The van der Waals surface area contributed by atoms with Crippen molar-refractivity contribution in [2.24, 2.45) is 5.73 Å². The van der Waals surface area contributed by atoms with E-state index in [-0.39, 0.29) is 0 Å². The van der Waals surface area contributed by atoms with Crippen molar-refractivity contribution in [1.29, 1.82) is 0 Å². The molecule has 4 nitrogen and oxygen atoms in total. The van der Waals surface area contributed by atoms with Crippen LogP contribution in [0, 0.1) is 6.92 Å². The topological polar surface area (TPSA) is 68.1 Å². The van der Waals surface area contributed by atoms with Crippen LogP contribution in [0.15, 0.2) is 48.5 Å². The third kappa shape index (κ3) is 2.48. The Labute approximate surface area is 122 Å². The molecule has 0 fully saturated rings. The standard InChI is InChI=1S/C17H16N2O2/c1-11-15-13(19-16(11)17(18)20)8-5-9-14(15)21-10-12-6-3-2-4-7-12/h2-9,19H,10H2,1H3,(H2,18,20). The Hall–Kier alpha value is -2.75. The number of nitrogens with two attached hydrogens (primary N) is 1. The number of aryl methyl sites for hydroxylation is 1. The summed E-state index contributed by atoms with van der Waals surface area (Å²) in [5.74, 6) is 0.287. The number of fused-ring (bicyclic) bond motifs is 1. The smallest absolute Gasteiger partial charge is 0.265 e. The monoisotopic (exact) mass is 280 g/mol. The van der Waals surface area contributed by atoms with E-state index in [1.807, 2.05) is 55.5 Å². The largest absolute Gasteiger partial charge is 0.488 e. The summed E-state index contributed by atoms with van der Waals surface area (Å²) in [4.78, 5) is 14.5. The number of nitrogens with one attached hydrogen (secondary N) is 1. The molecule has 3 N–H and O–H groups in total. The van der Waals surface area contributed by atoms with Gasteiger partial charge in [-0.1, -0.05) is 36.4 Å². The van der Waals surface area contributed by atoms with Crippen LogP contribution in [-0.4, -0.2) is 10.9 Å². The van der Waals surface area contributed by atoms with Crippen molar-refractivity contribution in [2.75, 3.05) is 0 Å². The predicted octanol–water partition coefficient (Wildman–Crippen LogP) is 3.15. The number of carbonyl (C=O) groups excluding carboxylic acids is 1. The summed E-state index contributed by atoms with van der Waals surface area (Å²) in [5, 5.41) is 0.905. The summed E-state index contributed by atoms with van der Waals surface area (Å²) < 4.78 is 5.91. The summed E-state index contributed by atoms with van der Waals surface area (Å²) in [6, 6.07) is 15.7. The molecule has 3 aromatic rings. The van der Waals surface area contributed by atoms with E-state index in [0.29, 0.717) is 12.3 Å². The Kier molecular flexibility index (Phi) is 3.36. The lowest BCUT2D eigenvalue weighted by Gasteiger charge is -2.08. The van der Waals surface area contributed by atoms with Gasteiger partial charge in [0.2, 0.25) is 0 Å². The Morgan fingerprint density at radius 2 is 1.90 bits per heavy atom. The minimum atomic E-state index is -0.460. The first kappa shape index (κ1) is 13.2. The molecule has 1 heterocycles. The minimum Gasteiger partial charge on any atom is -0.488 e. The maximum atomic E-state index is 11.4. The lowest BCUT2D eigenvalue weighted by molar-refractivity contribution is 0.0996. The van der Waals surface area contributed by atoms with Crippen LogP contribution < -0.4 is 10.5 Å². The van der Waals surface area contributed by atoms with Crippen LogP contribution in [0.5, 0.6) is 5.75 Å². The van der Waals surface area contributed by atoms with Gasteiger partial charge in [0, 0.05) is 10.9 Å². The fourth-order valence-corrected chi connectivity index (χ4v) is 2.48. The zero-order valence-electron chi connectivity index (χ0n) is 11.7. The van der Waals surface area contributed by atoms with Crippen molar-refractivity contribution >= 4 is 16.8 Å². The molecule has 106 valence electrons. The normalized spacial score (nSPS) is 10.7. The molecule has 0 unspecified atom stereocenters. The van der Waals surface area contributed by atoms with Crippen LogP contribution in [0.1, 0.15) is 21.6 Å². The van der Waals surface area contributed by atoms with Gasteiger partial charge < -0.3 is 15.5 Å². The number of aromatic amines is 1. The molecule has 0 aliphatic heterocycles. The number of H-pyrrole nitrogens is 1. The van der Waals surface area contributed by atoms with E-state index in [2.05, 4.69) is 4.98 Å². The van der Waals surface area contributed by atoms with Gasteiger partial charge in [0.15, 0.2) is 0 Å². The minimum absolute atomic E-state index is 0.431. The molecular weight excluding hydrogens is 264 g/mol. The van der Waals surface area contributed by atoms with E-state index in [1.54, 1.807) is 0 Å². The van der Waals surface area contributed by atoms with Crippen LogP contribution in [0.4, 0.5) is 0 Å². The first-order chi connectivity index (χ1) is 10.2. The second-order valence-corrected chi connectivity index (χ2v) is 4.94. The molecule has 0 saturated heterocycles. The molecule has 2 aromatic carbocycles. The summed E-state index contributed by atoms with van der Waals surface area (Å²) in [6.07, 6.45) is 0. The van der Waals surface area contributed by atoms with Gasteiger partial charge in [-0.3, -0.25) is 4.79 Å². The molecule has 21 heavy (non-hydrogen) atoms. The van der Waals surface area contributed by atoms with Crippen LogP contribution in [0.25, 0.3) is 10.9 Å². The van der Waals surface area contributed by atoms with Crippen LogP contribution in [0.2, 0.25) is 0 Å². The molecule has 1 aromatic heterocycles. The third-order valence-corrected chi connectivity index (χ3v) is 3.52. The quantitative estimate of drug-likeness (QED) is 0.770. The van der Waals surface area contributed by atoms with Gasteiger partial charge >= 0.3 is 0 Å². The second-order valence-electron chi connectivity index (χ2n) is 4.94. The predicted molar refractivity (Wildman–Crippen MR) is 82.3 cm³/mol. The summed E-state index contributed by atoms with van der Waals surface area (Å²) >= 11 is 0. The number of hydrogen-bond acceptors (Lipinski definition) is 2. The van der Waals surface area contributed by atoms with E-state index in [0.717, 1.165) is 27.8 Å². The van der Waals surface area contributed by atoms with Crippen molar-refractivity contribution in [3.8, 4) is 5.75 Å². The summed E-state index contributed by atoms with van der Waals surface area (Å²) in [5.41, 5.74) is 8.58. The Morgan fingerprint density at radius 3 is 2.62 bits per heavy atom. The molecule has 0 radical (unpaired) electrons. The van der Waals surface area contributed by atoms with Crippen molar-refractivity contribution in [3.05, 3.63) is 65.4 Å². The lowest BCUT2D eigenvalue weighted by Crippen LogP contribution is -2.12. The number of ether oxygens (including phenoxy) is 1. The first-order valence-electron chi connectivity index (χ1n) is 6.74. The van der Waals surface area contributed by atoms with Crippen molar-refractivity contribution in [3.63, 3.8) is 0 Å². The molecule has 0 bridgehead atoms. The zero-order chi connectivity index (χ0) is 14.8. The second kappa shape index (κ2) is 5.32. The molecular formula is C17H16N2O2. The molecule has 4 heteroatoms. The molecule has 0 atom stereocenters. The van der Waals surface area contributed by atoms with Gasteiger partial charge in [-0.25, -0.2) is 0 Å². The Morgan fingerprint density at radius 1 is 1.14 bits per heavy atom. The van der Waals surface area contributed by atoms with Crippen molar-refractivity contribution in [1.82, 2.24) is 4.98 Å². The number of aromatic nitrogens is 1. The lowest BCUT2D eigenvalue weighted by atomic mass is 10.1. The zero-order valence-corrected chi connectivity index (χ0v) is 11.7. The Balaban J connectivity index is 1.97. The molecule has 0 spiro atoms. The van der Waals surface area contributed by atoms with Crippen LogP contribution in [-0.2, 0) is 6.61 Å². The highest BCUT2D eigenvalue weighted by molar-refractivity contribution is 6.02. The highest BCUT2D eigenvalue weighted by Gasteiger charge is 2.15. The molecule has 0 aliphatic rings. The van der Waals surface area contributed by atoms with E-state index < -0.39 is 5.91 Å². The number of hydrogen-bond donors (Lipinski definition) is 2. The number of primary amides is 1. The maximum Gasteiger partial charge on any atom is 0.265 e. The molecule has 0 aliphatic carbocycles. The average Bonchev–Trinajstić information content (AvgIpc) is 2.84. The van der Waals surface area contributed by atoms with Crippen molar-refractivity contribution in [2.45, 2.75) is 13.5 Å². The fraction of sp³-hybridized carbons (Fsp3) is 0.118. The van der Waals surface area contributed by atoms with E-state index in [1.165, 1.54) is 0 Å². The number of rotatable bonds is 4. The number of amides is 1. The van der Waals surface area contributed by atoms with Gasteiger partial charge in [0.25, 0.3) is 5.91 Å². The van der Waals surface area contributed by atoms with Gasteiger partial charge in [-0.2, -0.15) is 0 Å². The van der Waals surface area contributed by atoms with Gasteiger partial charge in [-0.15, -0.1) is 0 Å². The van der Waals surface area contributed by atoms with E-state index in [4.69, 9.17) is 10.5 Å². The van der Waals surface area contributed by atoms with Crippen molar-refractivity contribution < 1.29 is 9.53 Å². The molecule has 3 rings (SSSR count). The van der Waals surface area contributed by atoms with E-state index in [9.17, 15) is 4.79 Å². The van der Waals surface area contributed by atoms with Gasteiger partial charge in [-0.05, 0) is 30.2 Å². The number of carbonyl (C=O) groups is 1.